The third-order valence-electron chi connectivity index (χ3n) is 3.36. The van der Waals surface area contributed by atoms with Gasteiger partial charge in [-0.1, -0.05) is 0 Å². The van der Waals surface area contributed by atoms with Gasteiger partial charge in [0, 0.05) is 38.9 Å². The molecule has 0 bridgehead atoms. The largest absolute Gasteiger partial charge is 0.357 e. The van der Waals surface area contributed by atoms with Crippen LogP contribution in [-0.2, 0) is 4.79 Å². The molecule has 1 aliphatic heterocycles. The van der Waals surface area contributed by atoms with Gasteiger partial charge < -0.3 is 15.1 Å². The molecule has 1 aromatic heterocycles. The Morgan fingerprint density at radius 2 is 2.16 bits per heavy atom. The first-order chi connectivity index (χ1) is 9.11. The number of amides is 1. The standard InChI is InChI=1S/C13H21N5O/c1-10-8-15-13(14-2)16-12(10)17(3)9-11(19)18-6-4-5-7-18/h8H,4-7,9H2,1-3H3,(H,14,15,16). The SMILES string of the molecule is CNc1ncc(C)c(N(C)CC(=O)N2CCCC2)n1. The lowest BCUT2D eigenvalue weighted by Crippen LogP contribution is -2.37. The van der Waals surface area contributed by atoms with Crippen LogP contribution in [0.2, 0.25) is 0 Å². The fourth-order valence-corrected chi connectivity index (χ4v) is 2.28. The van der Waals surface area contributed by atoms with Gasteiger partial charge in [-0.15, -0.1) is 0 Å². The molecule has 104 valence electrons. The van der Waals surface area contributed by atoms with E-state index >= 15 is 0 Å². The molecule has 1 saturated heterocycles. The first-order valence-electron chi connectivity index (χ1n) is 6.62. The minimum Gasteiger partial charge on any atom is -0.357 e. The summed E-state index contributed by atoms with van der Waals surface area (Å²) >= 11 is 0. The van der Waals surface area contributed by atoms with E-state index in [1.807, 2.05) is 23.8 Å². The number of likely N-dealkylation sites (tertiary alicyclic amines) is 1. The molecule has 19 heavy (non-hydrogen) atoms. The van der Waals surface area contributed by atoms with Gasteiger partial charge in [-0.3, -0.25) is 4.79 Å². The molecular formula is C13H21N5O. The second-order valence-electron chi connectivity index (χ2n) is 4.89. The normalized spacial score (nSPS) is 14.6. The van der Waals surface area contributed by atoms with Crippen molar-refractivity contribution >= 4 is 17.7 Å². The second-order valence-corrected chi connectivity index (χ2v) is 4.89. The summed E-state index contributed by atoms with van der Waals surface area (Å²) in [5, 5.41) is 2.91. The van der Waals surface area contributed by atoms with Crippen LogP contribution >= 0.6 is 0 Å². The van der Waals surface area contributed by atoms with Gasteiger partial charge in [0.1, 0.15) is 5.82 Å². The van der Waals surface area contributed by atoms with Crippen LogP contribution in [-0.4, -0.2) is 54.5 Å². The highest BCUT2D eigenvalue weighted by atomic mass is 16.2. The minimum atomic E-state index is 0.170. The van der Waals surface area contributed by atoms with Crippen molar-refractivity contribution in [2.45, 2.75) is 19.8 Å². The van der Waals surface area contributed by atoms with E-state index in [0.717, 1.165) is 37.3 Å². The predicted molar refractivity (Wildman–Crippen MR) is 75.4 cm³/mol. The maximum absolute atomic E-state index is 12.1. The zero-order valence-electron chi connectivity index (χ0n) is 11.8. The Morgan fingerprint density at radius 1 is 1.47 bits per heavy atom. The van der Waals surface area contributed by atoms with E-state index in [9.17, 15) is 4.79 Å². The van der Waals surface area contributed by atoms with Gasteiger partial charge in [-0.05, 0) is 19.8 Å². The molecule has 2 heterocycles. The van der Waals surface area contributed by atoms with Crippen molar-refractivity contribution in [3.05, 3.63) is 11.8 Å². The first kappa shape index (κ1) is 13.6. The third kappa shape index (κ3) is 3.13. The van der Waals surface area contributed by atoms with Crippen molar-refractivity contribution in [3.8, 4) is 0 Å². The highest BCUT2D eigenvalue weighted by molar-refractivity contribution is 5.81. The maximum atomic E-state index is 12.1. The summed E-state index contributed by atoms with van der Waals surface area (Å²) < 4.78 is 0. The van der Waals surface area contributed by atoms with Crippen LogP contribution in [0.1, 0.15) is 18.4 Å². The van der Waals surface area contributed by atoms with E-state index in [4.69, 9.17) is 0 Å². The van der Waals surface area contributed by atoms with E-state index < -0.39 is 0 Å². The van der Waals surface area contributed by atoms with Crippen molar-refractivity contribution < 1.29 is 4.79 Å². The number of carbonyl (C=O) groups is 1. The summed E-state index contributed by atoms with van der Waals surface area (Å²) in [7, 11) is 3.67. The average molecular weight is 263 g/mol. The number of aromatic nitrogens is 2. The smallest absolute Gasteiger partial charge is 0.242 e. The van der Waals surface area contributed by atoms with E-state index in [-0.39, 0.29) is 5.91 Å². The fourth-order valence-electron chi connectivity index (χ4n) is 2.28. The number of rotatable bonds is 4. The van der Waals surface area contributed by atoms with Crippen molar-refractivity contribution in [2.75, 3.05) is 43.9 Å². The molecule has 0 aliphatic carbocycles. The molecule has 2 rings (SSSR count). The van der Waals surface area contributed by atoms with Gasteiger partial charge in [-0.25, -0.2) is 4.98 Å². The molecular weight excluding hydrogens is 242 g/mol. The Bertz CT molecular complexity index is 456. The Balaban J connectivity index is 2.06. The number of carbonyl (C=O) groups excluding carboxylic acids is 1. The van der Waals surface area contributed by atoms with Gasteiger partial charge >= 0.3 is 0 Å². The van der Waals surface area contributed by atoms with Crippen molar-refractivity contribution in [3.63, 3.8) is 0 Å². The first-order valence-corrected chi connectivity index (χ1v) is 6.62. The zero-order valence-corrected chi connectivity index (χ0v) is 11.8. The third-order valence-corrected chi connectivity index (χ3v) is 3.36. The van der Waals surface area contributed by atoms with E-state index in [0.29, 0.717) is 12.5 Å². The average Bonchev–Trinajstić information content (AvgIpc) is 2.93. The maximum Gasteiger partial charge on any atom is 0.242 e. The molecule has 1 fully saturated rings. The molecule has 6 nitrogen and oxygen atoms in total. The minimum absolute atomic E-state index is 0.170. The monoisotopic (exact) mass is 263 g/mol. The van der Waals surface area contributed by atoms with Crippen molar-refractivity contribution in [2.24, 2.45) is 0 Å². The number of nitrogens with zero attached hydrogens (tertiary/aromatic N) is 4. The summed E-state index contributed by atoms with van der Waals surface area (Å²) in [6.07, 6.45) is 4.00. The van der Waals surface area contributed by atoms with Crippen LogP contribution in [0.25, 0.3) is 0 Å². The molecule has 0 saturated carbocycles. The molecule has 1 aliphatic rings. The molecule has 0 aromatic carbocycles. The molecule has 1 N–H and O–H groups in total. The van der Waals surface area contributed by atoms with Gasteiger partial charge in [0.25, 0.3) is 0 Å². The Kier molecular flexibility index (Phi) is 4.19. The molecule has 0 radical (unpaired) electrons. The Hall–Kier alpha value is -1.85. The number of likely N-dealkylation sites (N-methyl/N-ethyl adjacent to an activating group) is 1. The van der Waals surface area contributed by atoms with Gasteiger partial charge in [0.2, 0.25) is 11.9 Å². The van der Waals surface area contributed by atoms with Crippen LogP contribution in [0.5, 0.6) is 0 Å². The summed E-state index contributed by atoms with van der Waals surface area (Å²) in [4.78, 5) is 24.5. The lowest BCUT2D eigenvalue weighted by molar-refractivity contribution is -0.128. The Morgan fingerprint density at radius 3 is 2.79 bits per heavy atom. The summed E-state index contributed by atoms with van der Waals surface area (Å²) in [5.41, 5.74) is 0.968. The quantitative estimate of drug-likeness (QED) is 0.874. The summed E-state index contributed by atoms with van der Waals surface area (Å²) in [6, 6.07) is 0. The zero-order chi connectivity index (χ0) is 13.8. The highest BCUT2D eigenvalue weighted by Crippen LogP contribution is 2.17. The lowest BCUT2D eigenvalue weighted by Gasteiger charge is -2.23. The highest BCUT2D eigenvalue weighted by Gasteiger charge is 2.20. The molecule has 1 amide bonds. The lowest BCUT2D eigenvalue weighted by atomic mass is 10.3. The van der Waals surface area contributed by atoms with Crippen molar-refractivity contribution in [1.82, 2.24) is 14.9 Å². The van der Waals surface area contributed by atoms with E-state index in [1.54, 1.807) is 13.2 Å². The van der Waals surface area contributed by atoms with Crippen LogP contribution in [0.15, 0.2) is 6.20 Å². The van der Waals surface area contributed by atoms with Crippen LogP contribution in [0.4, 0.5) is 11.8 Å². The number of hydrogen-bond acceptors (Lipinski definition) is 5. The fraction of sp³-hybridized carbons (Fsp3) is 0.615. The van der Waals surface area contributed by atoms with Crippen LogP contribution in [0, 0.1) is 6.92 Å². The molecule has 6 heteroatoms. The second kappa shape index (κ2) is 5.86. The predicted octanol–water partition coefficient (Wildman–Crippen LogP) is 0.885. The number of hydrogen-bond donors (Lipinski definition) is 1. The van der Waals surface area contributed by atoms with Crippen LogP contribution in [0.3, 0.4) is 0 Å². The van der Waals surface area contributed by atoms with Gasteiger partial charge in [0.05, 0.1) is 6.54 Å². The Labute approximate surface area is 113 Å². The van der Waals surface area contributed by atoms with E-state index in [2.05, 4.69) is 15.3 Å². The molecule has 0 atom stereocenters. The van der Waals surface area contributed by atoms with Crippen molar-refractivity contribution in [1.29, 1.82) is 0 Å². The van der Waals surface area contributed by atoms with Gasteiger partial charge in [-0.2, -0.15) is 4.98 Å². The van der Waals surface area contributed by atoms with Crippen LogP contribution < -0.4 is 10.2 Å². The molecule has 0 unspecified atom stereocenters. The van der Waals surface area contributed by atoms with Gasteiger partial charge in [0.15, 0.2) is 0 Å². The molecule has 0 spiro atoms. The summed E-state index contributed by atoms with van der Waals surface area (Å²) in [5.74, 6) is 1.54. The number of nitrogens with one attached hydrogen (secondary N) is 1. The summed E-state index contributed by atoms with van der Waals surface area (Å²) in [6.45, 7) is 4.08. The number of aryl methyl sites for hydroxylation is 1. The number of anilines is 2. The van der Waals surface area contributed by atoms with E-state index in [1.165, 1.54) is 0 Å². The topological polar surface area (TPSA) is 61.4 Å². The molecule has 1 aromatic rings.